The molecule has 276 valence electrons. The predicted octanol–water partition coefficient (Wildman–Crippen LogP) is 12.5. The zero-order valence-electron chi connectivity index (χ0n) is 33.6. The lowest BCUT2D eigenvalue weighted by Gasteiger charge is -2.36. The van der Waals surface area contributed by atoms with Gasteiger partial charge in [0.05, 0.1) is 19.6 Å². The standard InChI is InChI=1S/C48H56ClN2O2/c1-12-50-39-22-14-30-28-35(52-10)18-20-37(30)43(39)47(6,7)41(50)24-16-32-26-34(46(3,4)5)27-33(45(32)49)17-25-42-48(8,9)44-38-21-19-36(53-11)29-31(38)15-23-40(44)51(42)13-2/h14-25,28-29,34H,12-13,26-27H2,1-11H3/q+1. The number of hydrogen-bond donors (Lipinski definition) is 0. The summed E-state index contributed by atoms with van der Waals surface area (Å²) in [5, 5.41) is 5.86. The number of nitrogens with zero attached hydrogens (tertiary/aromatic N) is 2. The maximum absolute atomic E-state index is 7.48. The highest BCUT2D eigenvalue weighted by molar-refractivity contribution is 6.32. The summed E-state index contributed by atoms with van der Waals surface area (Å²) in [4.78, 5) is 2.48. The maximum atomic E-state index is 7.48. The van der Waals surface area contributed by atoms with Crippen molar-refractivity contribution in [3.8, 4) is 11.5 Å². The van der Waals surface area contributed by atoms with E-state index in [1.165, 1.54) is 66.6 Å². The SMILES string of the molecule is CCN1/C(=C/C=C2\CC(C(C)(C)C)CC(/C=C/C3=[N+](CC)c4ccc5cc(OC)ccc5c4C3(C)C)=C2Cl)C(C)(C)c2c1ccc1cc(OC)ccc21. The molecule has 0 N–H and O–H groups in total. The first-order valence-electron chi connectivity index (χ1n) is 19.3. The van der Waals surface area contributed by atoms with Crippen molar-refractivity contribution >= 4 is 50.2 Å². The van der Waals surface area contributed by atoms with Crippen molar-refractivity contribution in [3.63, 3.8) is 0 Å². The Morgan fingerprint density at radius 3 is 2.00 bits per heavy atom. The second-order valence-corrected chi connectivity index (χ2v) is 17.5. The Balaban J connectivity index is 1.29. The molecule has 4 nitrogen and oxygen atoms in total. The molecule has 2 aliphatic heterocycles. The van der Waals surface area contributed by atoms with Crippen LogP contribution in [0.3, 0.4) is 0 Å². The minimum Gasteiger partial charge on any atom is -0.497 e. The lowest BCUT2D eigenvalue weighted by atomic mass is 9.70. The summed E-state index contributed by atoms with van der Waals surface area (Å²) in [7, 11) is 3.46. The molecule has 0 aromatic heterocycles. The Morgan fingerprint density at radius 2 is 1.42 bits per heavy atom. The van der Waals surface area contributed by atoms with Crippen molar-refractivity contribution in [2.24, 2.45) is 11.3 Å². The molecule has 0 spiro atoms. The fourth-order valence-corrected chi connectivity index (χ4v) is 9.60. The molecule has 4 aromatic carbocycles. The molecule has 0 saturated heterocycles. The number of allylic oxidation sites excluding steroid dienone is 8. The number of hydrogen-bond acceptors (Lipinski definition) is 3. The monoisotopic (exact) mass is 727 g/mol. The molecular weight excluding hydrogens is 672 g/mol. The number of likely N-dealkylation sites (N-methyl/N-ethyl adjacent to an activating group) is 1. The lowest BCUT2D eigenvalue weighted by Crippen LogP contribution is -2.28. The predicted molar refractivity (Wildman–Crippen MR) is 226 cm³/mol. The van der Waals surface area contributed by atoms with E-state index in [0.717, 1.165) is 42.5 Å². The van der Waals surface area contributed by atoms with Gasteiger partial charge in [0.25, 0.3) is 0 Å². The zero-order valence-corrected chi connectivity index (χ0v) is 34.3. The average molecular weight is 728 g/mol. The van der Waals surface area contributed by atoms with Crippen LogP contribution in [-0.2, 0) is 10.8 Å². The molecule has 0 fully saturated rings. The molecular formula is C48H56ClN2O2+. The number of rotatable bonds is 7. The van der Waals surface area contributed by atoms with Crippen LogP contribution in [0.1, 0.15) is 86.3 Å². The minimum atomic E-state index is -0.188. The van der Waals surface area contributed by atoms with Crippen LogP contribution in [-0.4, -0.2) is 37.6 Å². The summed E-state index contributed by atoms with van der Waals surface area (Å²) < 4.78 is 13.6. The van der Waals surface area contributed by atoms with Gasteiger partial charge >= 0.3 is 0 Å². The molecule has 1 aliphatic carbocycles. The van der Waals surface area contributed by atoms with Gasteiger partial charge in [-0.1, -0.05) is 76.6 Å². The number of fused-ring (bicyclic) bond motifs is 6. The van der Waals surface area contributed by atoms with Crippen LogP contribution in [0.4, 0.5) is 11.4 Å². The van der Waals surface area contributed by atoms with Gasteiger partial charge in [-0.25, -0.2) is 0 Å². The molecule has 0 bridgehead atoms. The summed E-state index contributed by atoms with van der Waals surface area (Å²) in [5.41, 5.74) is 10.1. The van der Waals surface area contributed by atoms with E-state index in [2.05, 4.69) is 157 Å². The van der Waals surface area contributed by atoms with Gasteiger partial charge in [0.15, 0.2) is 5.71 Å². The summed E-state index contributed by atoms with van der Waals surface area (Å²) in [6, 6.07) is 21.9. The van der Waals surface area contributed by atoms with Gasteiger partial charge < -0.3 is 14.4 Å². The van der Waals surface area contributed by atoms with Crippen molar-refractivity contribution in [1.29, 1.82) is 0 Å². The van der Waals surface area contributed by atoms with Crippen molar-refractivity contribution in [2.75, 3.05) is 32.2 Å². The number of halogens is 1. The van der Waals surface area contributed by atoms with Gasteiger partial charge in [0.1, 0.15) is 18.0 Å². The Morgan fingerprint density at radius 1 is 0.792 bits per heavy atom. The van der Waals surface area contributed by atoms with Crippen LogP contribution in [0.5, 0.6) is 11.5 Å². The van der Waals surface area contributed by atoms with Gasteiger partial charge in [-0.3, -0.25) is 0 Å². The molecule has 0 saturated carbocycles. The second kappa shape index (κ2) is 13.5. The highest BCUT2D eigenvalue weighted by Crippen LogP contribution is 2.52. The number of benzene rings is 4. The van der Waals surface area contributed by atoms with E-state index in [4.69, 9.17) is 21.1 Å². The first-order valence-corrected chi connectivity index (χ1v) is 19.7. The Kier molecular flexibility index (Phi) is 9.46. The third-order valence-corrected chi connectivity index (χ3v) is 12.8. The van der Waals surface area contributed by atoms with Crippen LogP contribution in [0, 0.1) is 11.3 Å². The van der Waals surface area contributed by atoms with Crippen molar-refractivity contribution in [2.45, 2.75) is 86.0 Å². The van der Waals surface area contributed by atoms with Gasteiger partial charge in [-0.2, -0.15) is 4.58 Å². The van der Waals surface area contributed by atoms with E-state index in [9.17, 15) is 0 Å². The third kappa shape index (κ3) is 6.11. The molecule has 4 aromatic rings. The van der Waals surface area contributed by atoms with Gasteiger partial charge in [0, 0.05) is 46.1 Å². The van der Waals surface area contributed by atoms with Crippen molar-refractivity contribution in [3.05, 3.63) is 118 Å². The van der Waals surface area contributed by atoms with E-state index >= 15 is 0 Å². The van der Waals surface area contributed by atoms with Gasteiger partial charge in [-0.15, -0.1) is 0 Å². The fraction of sp³-hybridized carbons (Fsp3) is 0.396. The molecule has 7 rings (SSSR count). The normalized spacial score (nSPS) is 21.1. The van der Waals surface area contributed by atoms with E-state index < -0.39 is 0 Å². The largest absolute Gasteiger partial charge is 0.497 e. The third-order valence-electron chi connectivity index (χ3n) is 12.3. The Labute approximate surface area is 322 Å². The van der Waals surface area contributed by atoms with E-state index in [0.29, 0.717) is 5.92 Å². The van der Waals surface area contributed by atoms with Crippen LogP contribution >= 0.6 is 11.6 Å². The van der Waals surface area contributed by atoms with Crippen molar-refractivity contribution in [1.82, 2.24) is 0 Å². The Hall–Kier alpha value is -4.28. The van der Waals surface area contributed by atoms with Gasteiger partial charge in [-0.05, 0) is 133 Å². The molecule has 2 heterocycles. The maximum Gasteiger partial charge on any atom is 0.210 e. The van der Waals surface area contributed by atoms with Crippen molar-refractivity contribution < 1.29 is 14.0 Å². The number of methoxy groups -OCH3 is 2. The number of ether oxygens (including phenoxy) is 2. The van der Waals surface area contributed by atoms with Crippen LogP contribution in [0.15, 0.2) is 107 Å². The summed E-state index contributed by atoms with van der Waals surface area (Å²) in [5.74, 6) is 2.23. The lowest BCUT2D eigenvalue weighted by molar-refractivity contribution is -0.433. The zero-order chi connectivity index (χ0) is 38.0. The second-order valence-electron chi connectivity index (χ2n) is 17.1. The molecule has 53 heavy (non-hydrogen) atoms. The quantitative estimate of drug-likeness (QED) is 0.177. The summed E-state index contributed by atoms with van der Waals surface area (Å²) in [6.07, 6.45) is 11.3. The van der Waals surface area contributed by atoms with Crippen LogP contribution < -0.4 is 14.4 Å². The minimum absolute atomic E-state index is 0.132. The van der Waals surface area contributed by atoms with E-state index in [1.54, 1.807) is 14.2 Å². The molecule has 0 amide bonds. The van der Waals surface area contributed by atoms with E-state index in [-0.39, 0.29) is 16.2 Å². The fourth-order valence-electron chi connectivity index (χ4n) is 9.32. The highest BCUT2D eigenvalue weighted by atomic mass is 35.5. The average Bonchev–Trinajstić information content (AvgIpc) is 3.50. The molecule has 3 aliphatic rings. The topological polar surface area (TPSA) is 24.7 Å². The molecule has 1 atom stereocenters. The summed E-state index contributed by atoms with van der Waals surface area (Å²) >= 11 is 7.48. The first-order chi connectivity index (χ1) is 25.1. The number of anilines is 1. The molecule has 1 unspecified atom stereocenters. The highest BCUT2D eigenvalue weighted by Gasteiger charge is 2.45. The van der Waals surface area contributed by atoms with Crippen LogP contribution in [0.25, 0.3) is 21.5 Å². The van der Waals surface area contributed by atoms with E-state index in [1.807, 2.05) is 0 Å². The first kappa shape index (κ1) is 37.1. The smallest absolute Gasteiger partial charge is 0.210 e. The summed E-state index contributed by atoms with van der Waals surface area (Å²) in [6.45, 7) is 22.8. The Bertz CT molecular complexity index is 2290. The van der Waals surface area contributed by atoms with Crippen LogP contribution in [0.2, 0.25) is 0 Å². The molecule has 0 radical (unpaired) electrons. The molecule has 5 heteroatoms. The van der Waals surface area contributed by atoms with Gasteiger partial charge in [0.2, 0.25) is 5.69 Å².